The summed E-state index contributed by atoms with van der Waals surface area (Å²) in [6.07, 6.45) is 0.0354. The fraction of sp³-hybridized carbons (Fsp3) is 0.167. The molecule has 0 saturated heterocycles. The van der Waals surface area contributed by atoms with Crippen molar-refractivity contribution in [1.29, 1.82) is 0 Å². The molecule has 1 atom stereocenters. The first-order valence-electron chi connectivity index (χ1n) is 4.83. The van der Waals surface area contributed by atoms with Crippen LogP contribution in [0.15, 0.2) is 36.4 Å². The molecule has 2 aromatic rings. The van der Waals surface area contributed by atoms with Gasteiger partial charge in [0.2, 0.25) is 0 Å². The van der Waals surface area contributed by atoms with Crippen molar-refractivity contribution in [1.82, 2.24) is 0 Å². The molecule has 1 N–H and O–H groups in total. The molecule has 0 bridgehead atoms. The van der Waals surface area contributed by atoms with Crippen LogP contribution >= 0.6 is 34.5 Å². The normalized spacial score (nSPS) is 12.7. The second kappa shape index (κ2) is 5.19. The number of aliphatic hydroxyl groups excluding tert-OH is 1. The van der Waals surface area contributed by atoms with Crippen LogP contribution in [-0.4, -0.2) is 5.11 Å². The molecule has 2 rings (SSSR count). The third-order valence-corrected chi connectivity index (χ3v) is 3.81. The zero-order valence-electron chi connectivity index (χ0n) is 8.36. The number of rotatable bonds is 3. The van der Waals surface area contributed by atoms with Gasteiger partial charge in [-0.3, -0.25) is 0 Å². The predicted molar refractivity (Wildman–Crippen MR) is 69.4 cm³/mol. The van der Waals surface area contributed by atoms with E-state index in [2.05, 4.69) is 0 Å². The summed E-state index contributed by atoms with van der Waals surface area (Å²) in [6, 6.07) is 11.2. The Morgan fingerprint density at radius 1 is 1.19 bits per heavy atom. The van der Waals surface area contributed by atoms with E-state index in [9.17, 15) is 5.11 Å². The molecule has 16 heavy (non-hydrogen) atoms. The standard InChI is InChI=1S/C12H10Cl2OS/c13-9-3-1-2-8(6-9)7-10(15)11-4-5-12(14)16-11/h1-6,10,15H,7H2. The first-order chi connectivity index (χ1) is 7.65. The summed E-state index contributed by atoms with van der Waals surface area (Å²) in [5.74, 6) is 0. The van der Waals surface area contributed by atoms with Crippen molar-refractivity contribution in [3.05, 3.63) is 56.2 Å². The highest BCUT2D eigenvalue weighted by Crippen LogP contribution is 2.29. The van der Waals surface area contributed by atoms with E-state index in [1.807, 2.05) is 30.3 Å². The molecule has 0 aliphatic heterocycles. The highest BCUT2D eigenvalue weighted by atomic mass is 35.5. The maximum atomic E-state index is 9.99. The summed E-state index contributed by atoms with van der Waals surface area (Å²) in [6.45, 7) is 0. The van der Waals surface area contributed by atoms with Crippen molar-refractivity contribution in [3.8, 4) is 0 Å². The fourth-order valence-corrected chi connectivity index (χ4v) is 2.76. The molecule has 1 unspecified atom stereocenters. The number of benzene rings is 1. The Bertz CT molecular complexity index is 481. The number of hydrogen-bond donors (Lipinski definition) is 1. The van der Waals surface area contributed by atoms with Gasteiger partial charge >= 0.3 is 0 Å². The number of aliphatic hydroxyl groups is 1. The van der Waals surface area contributed by atoms with Crippen molar-refractivity contribution >= 4 is 34.5 Å². The van der Waals surface area contributed by atoms with Crippen molar-refractivity contribution in [2.75, 3.05) is 0 Å². The lowest BCUT2D eigenvalue weighted by Crippen LogP contribution is -1.99. The number of thiophene rings is 1. The molecular formula is C12H10Cl2OS. The maximum Gasteiger partial charge on any atom is 0.0932 e. The predicted octanol–water partition coefficient (Wildman–Crippen LogP) is 4.33. The van der Waals surface area contributed by atoms with Gasteiger partial charge in [-0.25, -0.2) is 0 Å². The maximum absolute atomic E-state index is 9.99. The smallest absolute Gasteiger partial charge is 0.0932 e. The summed E-state index contributed by atoms with van der Waals surface area (Å²) in [5.41, 5.74) is 1.02. The van der Waals surface area contributed by atoms with Gasteiger partial charge in [0.25, 0.3) is 0 Å². The van der Waals surface area contributed by atoms with Crippen molar-refractivity contribution in [3.63, 3.8) is 0 Å². The van der Waals surface area contributed by atoms with E-state index in [1.54, 1.807) is 6.07 Å². The van der Waals surface area contributed by atoms with Gasteiger partial charge in [0.15, 0.2) is 0 Å². The van der Waals surface area contributed by atoms with E-state index in [0.717, 1.165) is 10.4 Å². The molecule has 1 nitrogen and oxygen atoms in total. The minimum Gasteiger partial charge on any atom is -0.387 e. The van der Waals surface area contributed by atoms with Crippen LogP contribution in [0, 0.1) is 0 Å². The second-order valence-electron chi connectivity index (χ2n) is 3.49. The Morgan fingerprint density at radius 2 is 2.00 bits per heavy atom. The minimum atomic E-state index is -0.518. The summed E-state index contributed by atoms with van der Waals surface area (Å²) in [7, 11) is 0. The Balaban J connectivity index is 2.10. The third kappa shape index (κ3) is 2.98. The van der Waals surface area contributed by atoms with E-state index < -0.39 is 6.10 Å². The lowest BCUT2D eigenvalue weighted by molar-refractivity contribution is 0.182. The first kappa shape index (κ1) is 11.9. The second-order valence-corrected chi connectivity index (χ2v) is 5.67. The molecular weight excluding hydrogens is 263 g/mol. The van der Waals surface area contributed by atoms with Gasteiger partial charge in [-0.1, -0.05) is 35.3 Å². The fourth-order valence-electron chi connectivity index (χ4n) is 1.50. The van der Waals surface area contributed by atoms with Crippen LogP contribution in [0.25, 0.3) is 0 Å². The molecule has 4 heteroatoms. The highest BCUT2D eigenvalue weighted by Gasteiger charge is 2.11. The first-order valence-corrected chi connectivity index (χ1v) is 6.40. The van der Waals surface area contributed by atoms with E-state index in [1.165, 1.54) is 11.3 Å². The van der Waals surface area contributed by atoms with Crippen molar-refractivity contribution in [2.45, 2.75) is 12.5 Å². The van der Waals surface area contributed by atoms with Crippen LogP contribution < -0.4 is 0 Å². The molecule has 0 spiro atoms. The Kier molecular flexibility index (Phi) is 3.87. The van der Waals surface area contributed by atoms with E-state index in [0.29, 0.717) is 15.8 Å². The summed E-state index contributed by atoms with van der Waals surface area (Å²) in [4.78, 5) is 0.880. The van der Waals surface area contributed by atoms with E-state index >= 15 is 0 Å². The molecule has 1 aromatic carbocycles. The van der Waals surface area contributed by atoms with Gasteiger partial charge in [-0.05, 0) is 29.8 Å². The number of hydrogen-bond acceptors (Lipinski definition) is 2. The van der Waals surface area contributed by atoms with Gasteiger partial charge in [-0.15, -0.1) is 11.3 Å². The summed E-state index contributed by atoms with van der Waals surface area (Å²) in [5, 5.41) is 10.7. The average Bonchev–Trinajstić information content (AvgIpc) is 2.65. The molecule has 0 aliphatic carbocycles. The summed E-state index contributed by atoms with van der Waals surface area (Å²) >= 11 is 13.1. The summed E-state index contributed by atoms with van der Waals surface area (Å²) < 4.78 is 0.695. The molecule has 0 amide bonds. The van der Waals surface area contributed by atoms with Crippen LogP contribution in [0.4, 0.5) is 0 Å². The molecule has 0 aliphatic rings. The average molecular weight is 273 g/mol. The quantitative estimate of drug-likeness (QED) is 0.882. The number of halogens is 2. The van der Waals surface area contributed by atoms with Gasteiger partial charge in [-0.2, -0.15) is 0 Å². The van der Waals surface area contributed by atoms with Crippen LogP contribution in [-0.2, 0) is 6.42 Å². The topological polar surface area (TPSA) is 20.2 Å². The largest absolute Gasteiger partial charge is 0.387 e. The lowest BCUT2D eigenvalue weighted by atomic mass is 10.1. The Morgan fingerprint density at radius 3 is 2.62 bits per heavy atom. The zero-order valence-corrected chi connectivity index (χ0v) is 10.7. The van der Waals surface area contributed by atoms with Crippen LogP contribution in [0.5, 0.6) is 0 Å². The SMILES string of the molecule is OC(Cc1cccc(Cl)c1)c1ccc(Cl)s1. The van der Waals surface area contributed by atoms with Gasteiger partial charge < -0.3 is 5.11 Å². The molecule has 1 aromatic heterocycles. The minimum absolute atomic E-state index is 0.518. The van der Waals surface area contributed by atoms with Gasteiger partial charge in [0, 0.05) is 16.3 Å². The monoisotopic (exact) mass is 272 g/mol. The Hall–Kier alpha value is -0.540. The van der Waals surface area contributed by atoms with E-state index in [4.69, 9.17) is 23.2 Å². The zero-order chi connectivity index (χ0) is 11.5. The lowest BCUT2D eigenvalue weighted by Gasteiger charge is -2.08. The van der Waals surface area contributed by atoms with Crippen LogP contribution in [0.1, 0.15) is 16.5 Å². The molecule has 1 heterocycles. The van der Waals surface area contributed by atoms with E-state index in [-0.39, 0.29) is 0 Å². The highest BCUT2D eigenvalue weighted by molar-refractivity contribution is 7.16. The molecule has 0 saturated carbocycles. The van der Waals surface area contributed by atoms with Crippen molar-refractivity contribution in [2.24, 2.45) is 0 Å². The molecule has 0 fully saturated rings. The van der Waals surface area contributed by atoms with Gasteiger partial charge in [0.1, 0.15) is 0 Å². The molecule has 84 valence electrons. The van der Waals surface area contributed by atoms with Crippen LogP contribution in [0.3, 0.4) is 0 Å². The van der Waals surface area contributed by atoms with Gasteiger partial charge in [0.05, 0.1) is 10.4 Å². The Labute approximate surface area is 108 Å². The van der Waals surface area contributed by atoms with Crippen molar-refractivity contribution < 1.29 is 5.11 Å². The third-order valence-electron chi connectivity index (χ3n) is 2.24. The molecule has 0 radical (unpaired) electrons. The van der Waals surface area contributed by atoms with Crippen LogP contribution in [0.2, 0.25) is 9.36 Å².